The Kier molecular flexibility index (Phi) is 5.85. The third-order valence-corrected chi connectivity index (χ3v) is 4.93. The van der Waals surface area contributed by atoms with Gasteiger partial charge in [0, 0.05) is 6.54 Å². The molecule has 0 aliphatic heterocycles. The van der Waals surface area contributed by atoms with E-state index in [4.69, 9.17) is 9.15 Å². The highest BCUT2D eigenvalue weighted by Gasteiger charge is 2.16. The number of fused-ring (bicyclic) bond motifs is 1. The number of carbonyl (C=O) groups is 2. The lowest BCUT2D eigenvalue weighted by Gasteiger charge is -2.05. The summed E-state index contributed by atoms with van der Waals surface area (Å²) in [4.78, 5) is 28.1. The summed E-state index contributed by atoms with van der Waals surface area (Å²) >= 11 is 1.50. The number of aromatic nitrogens is 2. The van der Waals surface area contributed by atoms with E-state index in [1.54, 1.807) is 31.2 Å². The predicted molar refractivity (Wildman–Crippen MR) is 101 cm³/mol. The molecule has 0 amide bonds. The van der Waals surface area contributed by atoms with Crippen molar-refractivity contribution < 1.29 is 23.5 Å². The SMILES string of the molecule is CCOC(=O)c1ccc2c(c1)nc(SCc1ccc(C(=O)OC)o1)n2CC. The topological polar surface area (TPSA) is 83.6 Å². The minimum Gasteiger partial charge on any atom is -0.463 e. The molecule has 0 saturated carbocycles. The van der Waals surface area contributed by atoms with Gasteiger partial charge in [0.15, 0.2) is 5.16 Å². The zero-order valence-corrected chi connectivity index (χ0v) is 16.2. The van der Waals surface area contributed by atoms with Gasteiger partial charge in [-0.1, -0.05) is 11.8 Å². The Balaban J connectivity index is 1.82. The molecule has 0 spiro atoms. The Labute approximate surface area is 160 Å². The number of hydrogen-bond donors (Lipinski definition) is 0. The lowest BCUT2D eigenvalue weighted by Crippen LogP contribution is -2.04. The van der Waals surface area contributed by atoms with Crippen LogP contribution in [0.2, 0.25) is 0 Å². The van der Waals surface area contributed by atoms with Crippen LogP contribution in [0.15, 0.2) is 39.9 Å². The summed E-state index contributed by atoms with van der Waals surface area (Å²) in [5.74, 6) is 0.494. The summed E-state index contributed by atoms with van der Waals surface area (Å²) < 4.78 is 17.2. The Bertz CT molecular complexity index is 976. The van der Waals surface area contributed by atoms with Crippen molar-refractivity contribution in [1.29, 1.82) is 0 Å². The van der Waals surface area contributed by atoms with Gasteiger partial charge in [-0.15, -0.1) is 0 Å². The first kappa shape index (κ1) is 19.0. The second-order valence-electron chi connectivity index (χ2n) is 5.61. The molecule has 8 heteroatoms. The van der Waals surface area contributed by atoms with E-state index in [9.17, 15) is 9.59 Å². The number of ether oxygens (including phenoxy) is 2. The van der Waals surface area contributed by atoms with Crippen molar-refractivity contribution in [1.82, 2.24) is 9.55 Å². The van der Waals surface area contributed by atoms with Crippen molar-refractivity contribution in [2.75, 3.05) is 13.7 Å². The van der Waals surface area contributed by atoms with E-state index in [1.807, 2.05) is 13.0 Å². The van der Waals surface area contributed by atoms with Crippen molar-refractivity contribution in [3.8, 4) is 0 Å². The molecule has 2 heterocycles. The molecule has 0 aliphatic carbocycles. The van der Waals surface area contributed by atoms with Gasteiger partial charge in [0.2, 0.25) is 5.76 Å². The van der Waals surface area contributed by atoms with Crippen LogP contribution < -0.4 is 0 Å². The quantitative estimate of drug-likeness (QED) is 0.448. The van der Waals surface area contributed by atoms with Crippen LogP contribution in [0, 0.1) is 0 Å². The summed E-state index contributed by atoms with van der Waals surface area (Å²) in [6.45, 7) is 4.88. The molecule has 0 bridgehead atoms. The van der Waals surface area contributed by atoms with Crippen LogP contribution in [0.25, 0.3) is 11.0 Å². The third kappa shape index (κ3) is 4.00. The maximum Gasteiger partial charge on any atom is 0.373 e. The van der Waals surface area contributed by atoms with Gasteiger partial charge in [-0.05, 0) is 44.2 Å². The molecule has 2 aromatic heterocycles. The van der Waals surface area contributed by atoms with E-state index in [0.717, 1.165) is 22.7 Å². The fourth-order valence-electron chi connectivity index (χ4n) is 2.67. The molecule has 0 N–H and O–H groups in total. The van der Waals surface area contributed by atoms with E-state index in [1.165, 1.54) is 18.9 Å². The summed E-state index contributed by atoms with van der Waals surface area (Å²) in [5, 5.41) is 0.810. The maximum atomic E-state index is 11.9. The number of methoxy groups -OCH3 is 1. The minimum absolute atomic E-state index is 0.177. The zero-order chi connectivity index (χ0) is 19.4. The molecule has 0 aliphatic rings. The first-order valence-corrected chi connectivity index (χ1v) is 9.53. The molecule has 0 radical (unpaired) electrons. The summed E-state index contributed by atoms with van der Waals surface area (Å²) in [7, 11) is 1.31. The molecule has 0 saturated heterocycles. The molecule has 3 aromatic rings. The van der Waals surface area contributed by atoms with Crippen LogP contribution in [0.3, 0.4) is 0 Å². The smallest absolute Gasteiger partial charge is 0.373 e. The third-order valence-electron chi connectivity index (χ3n) is 3.93. The molecule has 0 atom stereocenters. The van der Waals surface area contributed by atoms with E-state index in [-0.39, 0.29) is 11.7 Å². The number of carbonyl (C=O) groups excluding carboxylic acids is 2. The van der Waals surface area contributed by atoms with E-state index in [0.29, 0.717) is 23.7 Å². The van der Waals surface area contributed by atoms with Crippen LogP contribution in [-0.2, 0) is 21.8 Å². The van der Waals surface area contributed by atoms with E-state index in [2.05, 4.69) is 14.3 Å². The van der Waals surface area contributed by atoms with Crippen molar-refractivity contribution in [3.05, 3.63) is 47.4 Å². The Morgan fingerprint density at radius 1 is 1.19 bits per heavy atom. The van der Waals surface area contributed by atoms with Gasteiger partial charge in [-0.3, -0.25) is 0 Å². The Morgan fingerprint density at radius 3 is 2.70 bits per heavy atom. The molecule has 3 rings (SSSR count). The lowest BCUT2D eigenvalue weighted by molar-refractivity contribution is 0.0524. The molecule has 142 valence electrons. The molecule has 1 aromatic carbocycles. The monoisotopic (exact) mass is 388 g/mol. The number of imidazole rings is 1. The minimum atomic E-state index is -0.501. The average Bonchev–Trinajstić information content (AvgIpc) is 3.29. The number of thioether (sulfide) groups is 1. The zero-order valence-electron chi connectivity index (χ0n) is 15.4. The van der Waals surface area contributed by atoms with Crippen LogP contribution in [-0.4, -0.2) is 35.2 Å². The fourth-order valence-corrected chi connectivity index (χ4v) is 3.64. The Morgan fingerprint density at radius 2 is 2.00 bits per heavy atom. The van der Waals surface area contributed by atoms with Crippen LogP contribution in [0.1, 0.15) is 40.5 Å². The second-order valence-corrected chi connectivity index (χ2v) is 6.55. The normalized spacial score (nSPS) is 10.9. The van der Waals surface area contributed by atoms with Crippen LogP contribution in [0.4, 0.5) is 0 Å². The number of nitrogens with zero attached hydrogens (tertiary/aromatic N) is 2. The van der Waals surface area contributed by atoms with Crippen LogP contribution >= 0.6 is 11.8 Å². The number of hydrogen-bond acceptors (Lipinski definition) is 7. The van der Waals surface area contributed by atoms with Crippen LogP contribution in [0.5, 0.6) is 0 Å². The molecule has 0 unspecified atom stereocenters. The summed E-state index contributed by atoms with van der Waals surface area (Å²) in [5.41, 5.74) is 2.16. The first-order valence-electron chi connectivity index (χ1n) is 8.54. The first-order chi connectivity index (χ1) is 13.1. The maximum absolute atomic E-state index is 11.9. The highest BCUT2D eigenvalue weighted by Crippen LogP contribution is 2.28. The number of benzene rings is 1. The largest absolute Gasteiger partial charge is 0.463 e. The van der Waals surface area contributed by atoms with E-state index < -0.39 is 5.97 Å². The van der Waals surface area contributed by atoms with Crippen molar-refractivity contribution in [2.45, 2.75) is 31.3 Å². The predicted octanol–water partition coefficient (Wildman–Crippen LogP) is 3.90. The molecular formula is C19H20N2O5S. The highest BCUT2D eigenvalue weighted by atomic mass is 32.2. The number of aryl methyl sites for hydroxylation is 1. The number of rotatable bonds is 7. The molecule has 7 nitrogen and oxygen atoms in total. The van der Waals surface area contributed by atoms with E-state index >= 15 is 0 Å². The summed E-state index contributed by atoms with van der Waals surface area (Å²) in [6, 6.07) is 8.71. The van der Waals surface area contributed by atoms with Crippen molar-refractivity contribution in [2.24, 2.45) is 0 Å². The lowest BCUT2D eigenvalue weighted by atomic mass is 10.2. The van der Waals surface area contributed by atoms with Gasteiger partial charge in [0.1, 0.15) is 5.76 Å². The number of esters is 2. The van der Waals surface area contributed by atoms with Gasteiger partial charge >= 0.3 is 11.9 Å². The average molecular weight is 388 g/mol. The van der Waals surface area contributed by atoms with Crippen molar-refractivity contribution >= 4 is 34.7 Å². The van der Waals surface area contributed by atoms with Gasteiger partial charge in [0.25, 0.3) is 0 Å². The van der Waals surface area contributed by atoms with Crippen molar-refractivity contribution in [3.63, 3.8) is 0 Å². The van der Waals surface area contributed by atoms with Gasteiger partial charge in [0.05, 0.1) is 36.1 Å². The highest BCUT2D eigenvalue weighted by molar-refractivity contribution is 7.98. The van der Waals surface area contributed by atoms with Gasteiger partial charge < -0.3 is 18.5 Å². The van der Waals surface area contributed by atoms with Gasteiger partial charge in [-0.25, -0.2) is 14.6 Å². The second kappa shape index (κ2) is 8.30. The Hall–Kier alpha value is -2.74. The summed E-state index contributed by atoms with van der Waals surface area (Å²) in [6.07, 6.45) is 0. The number of furan rings is 1. The van der Waals surface area contributed by atoms with Gasteiger partial charge in [-0.2, -0.15) is 0 Å². The molecule has 0 fully saturated rings. The molecule has 27 heavy (non-hydrogen) atoms. The molecular weight excluding hydrogens is 368 g/mol. The standard InChI is InChI=1S/C19H20N2O5S/c1-4-21-15-8-6-12(17(22)25-5-2)10-14(15)20-19(21)27-11-13-7-9-16(26-13)18(23)24-3/h6-10H,4-5,11H2,1-3H3. The fraction of sp³-hybridized carbons (Fsp3) is 0.316.